The second-order valence-electron chi connectivity index (χ2n) is 8.02. The van der Waals surface area contributed by atoms with Gasteiger partial charge in [-0.1, -0.05) is 30.3 Å². The van der Waals surface area contributed by atoms with Gasteiger partial charge in [-0.05, 0) is 32.8 Å². The van der Waals surface area contributed by atoms with E-state index < -0.39 is 0 Å². The molecule has 0 aliphatic carbocycles. The number of amidine groups is 1. The van der Waals surface area contributed by atoms with Crippen LogP contribution in [0.3, 0.4) is 0 Å². The van der Waals surface area contributed by atoms with E-state index in [-0.39, 0.29) is 5.91 Å². The fraction of sp³-hybridized carbons (Fsp3) is 0.435. The minimum absolute atomic E-state index is 0.122. The lowest BCUT2D eigenvalue weighted by Crippen LogP contribution is -2.35. The van der Waals surface area contributed by atoms with Crippen molar-refractivity contribution in [2.24, 2.45) is 9.98 Å². The molecule has 30 heavy (non-hydrogen) atoms. The number of nitrogens with one attached hydrogen (secondary N) is 1. The van der Waals surface area contributed by atoms with Gasteiger partial charge in [0.05, 0.1) is 17.7 Å². The lowest BCUT2D eigenvalue weighted by atomic mass is 10.1. The minimum atomic E-state index is -0.122. The van der Waals surface area contributed by atoms with Gasteiger partial charge in [0.2, 0.25) is 5.88 Å². The van der Waals surface area contributed by atoms with Crippen molar-refractivity contribution in [2.45, 2.75) is 39.8 Å². The summed E-state index contributed by atoms with van der Waals surface area (Å²) >= 11 is 0. The van der Waals surface area contributed by atoms with Crippen LogP contribution >= 0.6 is 0 Å². The highest BCUT2D eigenvalue weighted by Crippen LogP contribution is 2.34. The van der Waals surface area contributed by atoms with E-state index in [1.807, 2.05) is 17.9 Å². The molecule has 0 atom stereocenters. The van der Waals surface area contributed by atoms with Crippen molar-refractivity contribution < 1.29 is 9.21 Å². The van der Waals surface area contributed by atoms with Crippen molar-refractivity contribution >= 4 is 24.0 Å². The molecule has 1 aromatic carbocycles. The SMILES string of the molecule is Cc1oc2c(c1C(=O)NCCCN(Cc1ccccc1)C(C)C)C1=NCCN1C=N2. The summed E-state index contributed by atoms with van der Waals surface area (Å²) in [7, 11) is 0. The summed E-state index contributed by atoms with van der Waals surface area (Å²) in [5, 5.41) is 3.06. The van der Waals surface area contributed by atoms with Crippen LogP contribution in [0.15, 0.2) is 44.7 Å². The molecule has 1 N–H and O–H groups in total. The Hall–Kier alpha value is -2.93. The third-order valence-electron chi connectivity index (χ3n) is 5.57. The van der Waals surface area contributed by atoms with Gasteiger partial charge < -0.3 is 14.6 Å². The fourth-order valence-corrected chi connectivity index (χ4v) is 3.93. The van der Waals surface area contributed by atoms with Crippen molar-refractivity contribution in [1.82, 2.24) is 15.1 Å². The van der Waals surface area contributed by atoms with E-state index in [1.165, 1.54) is 5.56 Å². The van der Waals surface area contributed by atoms with Gasteiger partial charge in [0.25, 0.3) is 5.91 Å². The highest BCUT2D eigenvalue weighted by atomic mass is 16.4. The number of fused-ring (bicyclic) bond motifs is 3. The van der Waals surface area contributed by atoms with Crippen LogP contribution in [0.4, 0.5) is 5.88 Å². The molecule has 0 saturated carbocycles. The number of rotatable bonds is 8. The maximum absolute atomic E-state index is 12.9. The van der Waals surface area contributed by atoms with Gasteiger partial charge in [-0.3, -0.25) is 14.7 Å². The molecule has 7 heteroatoms. The van der Waals surface area contributed by atoms with Crippen molar-refractivity contribution in [3.63, 3.8) is 0 Å². The zero-order chi connectivity index (χ0) is 21.1. The Morgan fingerprint density at radius 1 is 1.30 bits per heavy atom. The van der Waals surface area contributed by atoms with Crippen molar-refractivity contribution in [3.05, 3.63) is 52.8 Å². The summed E-state index contributed by atoms with van der Waals surface area (Å²) < 4.78 is 5.73. The van der Waals surface area contributed by atoms with Crippen molar-refractivity contribution in [1.29, 1.82) is 0 Å². The molecule has 2 aliphatic heterocycles. The number of amides is 1. The molecule has 2 aromatic rings. The molecule has 2 aliphatic rings. The maximum atomic E-state index is 12.9. The second kappa shape index (κ2) is 8.83. The minimum Gasteiger partial charge on any atom is -0.442 e. The number of hydrogen-bond acceptors (Lipinski definition) is 6. The first kappa shape index (κ1) is 20.3. The van der Waals surface area contributed by atoms with Crippen LogP contribution in [0.5, 0.6) is 0 Å². The number of carbonyl (C=O) groups excluding carboxylic acids is 1. The number of benzene rings is 1. The summed E-state index contributed by atoms with van der Waals surface area (Å²) in [5.74, 6) is 1.72. The predicted octanol–water partition coefficient (Wildman–Crippen LogP) is 3.35. The molecular formula is C23H29N5O2. The molecule has 0 saturated heterocycles. The first-order chi connectivity index (χ1) is 14.5. The third-order valence-corrected chi connectivity index (χ3v) is 5.57. The monoisotopic (exact) mass is 407 g/mol. The quantitative estimate of drug-likeness (QED) is 0.681. The molecule has 0 spiro atoms. The van der Waals surface area contributed by atoms with Gasteiger partial charge in [0, 0.05) is 32.2 Å². The lowest BCUT2D eigenvalue weighted by Gasteiger charge is -2.26. The normalized spacial score (nSPS) is 14.8. The Morgan fingerprint density at radius 2 is 2.10 bits per heavy atom. The van der Waals surface area contributed by atoms with E-state index >= 15 is 0 Å². The Morgan fingerprint density at radius 3 is 2.87 bits per heavy atom. The van der Waals surface area contributed by atoms with E-state index in [4.69, 9.17) is 4.42 Å². The van der Waals surface area contributed by atoms with Crippen LogP contribution in [-0.2, 0) is 6.54 Å². The van der Waals surface area contributed by atoms with Gasteiger partial charge in [-0.2, -0.15) is 0 Å². The fourth-order valence-electron chi connectivity index (χ4n) is 3.93. The number of hydrogen-bond donors (Lipinski definition) is 1. The zero-order valence-electron chi connectivity index (χ0n) is 17.9. The maximum Gasteiger partial charge on any atom is 0.255 e. The molecular weight excluding hydrogens is 378 g/mol. The molecule has 0 unspecified atom stereocenters. The highest BCUT2D eigenvalue weighted by molar-refractivity contribution is 6.17. The van der Waals surface area contributed by atoms with Gasteiger partial charge in [0.15, 0.2) is 0 Å². The topological polar surface area (TPSA) is 73.4 Å². The molecule has 0 bridgehead atoms. The number of nitrogens with zero attached hydrogens (tertiary/aromatic N) is 4. The summed E-state index contributed by atoms with van der Waals surface area (Å²) in [4.78, 5) is 26.2. The Balaban J connectivity index is 1.36. The third kappa shape index (κ3) is 4.16. The van der Waals surface area contributed by atoms with Gasteiger partial charge in [0.1, 0.15) is 17.9 Å². The van der Waals surface area contributed by atoms with E-state index in [2.05, 4.69) is 58.3 Å². The average Bonchev–Trinajstić information content (AvgIpc) is 3.33. The van der Waals surface area contributed by atoms with E-state index in [1.54, 1.807) is 6.34 Å². The van der Waals surface area contributed by atoms with E-state index in [0.29, 0.717) is 36.3 Å². The summed E-state index contributed by atoms with van der Waals surface area (Å²) in [5.41, 5.74) is 2.58. The van der Waals surface area contributed by atoms with Gasteiger partial charge in [-0.25, -0.2) is 4.99 Å². The Bertz CT molecular complexity index is 961. The number of aryl methyl sites for hydroxylation is 1. The predicted molar refractivity (Wildman–Crippen MR) is 119 cm³/mol. The van der Waals surface area contributed by atoms with Crippen LogP contribution in [-0.4, -0.2) is 60.1 Å². The molecule has 1 aromatic heterocycles. The van der Waals surface area contributed by atoms with Crippen LogP contribution < -0.4 is 5.32 Å². The van der Waals surface area contributed by atoms with Crippen LogP contribution in [0.2, 0.25) is 0 Å². The zero-order valence-corrected chi connectivity index (χ0v) is 17.9. The van der Waals surface area contributed by atoms with Crippen molar-refractivity contribution in [2.75, 3.05) is 26.2 Å². The van der Waals surface area contributed by atoms with Crippen LogP contribution in [0.1, 0.15) is 47.5 Å². The van der Waals surface area contributed by atoms with Crippen LogP contribution in [0.25, 0.3) is 0 Å². The first-order valence-corrected chi connectivity index (χ1v) is 10.6. The average molecular weight is 408 g/mol. The lowest BCUT2D eigenvalue weighted by molar-refractivity contribution is 0.0949. The Kier molecular flexibility index (Phi) is 5.99. The molecule has 1 amide bonds. The van der Waals surface area contributed by atoms with E-state index in [9.17, 15) is 4.79 Å². The smallest absolute Gasteiger partial charge is 0.255 e. The second-order valence-corrected chi connectivity index (χ2v) is 8.02. The molecule has 3 heterocycles. The first-order valence-electron chi connectivity index (χ1n) is 10.6. The molecule has 4 rings (SSSR count). The molecule has 158 valence electrons. The number of aliphatic imine (C=N–C) groups is 2. The number of carbonyl (C=O) groups is 1. The Labute approximate surface area is 177 Å². The summed E-state index contributed by atoms with van der Waals surface area (Å²) in [6, 6.07) is 10.9. The molecule has 0 fully saturated rings. The highest BCUT2D eigenvalue weighted by Gasteiger charge is 2.33. The van der Waals surface area contributed by atoms with Crippen molar-refractivity contribution in [3.8, 4) is 0 Å². The molecule has 0 radical (unpaired) electrons. The van der Waals surface area contributed by atoms with Crippen LogP contribution in [0, 0.1) is 6.92 Å². The number of furan rings is 1. The largest absolute Gasteiger partial charge is 0.442 e. The van der Waals surface area contributed by atoms with Gasteiger partial charge in [-0.15, -0.1) is 0 Å². The standard InChI is InChI=1S/C23H29N5O2/c1-16(2)27(14-18-8-5-4-6-9-18)12-7-10-25-22(29)19-17(3)30-23-20(19)21-24-11-13-28(21)15-26-23/h4-6,8-9,15-16H,7,10-14H2,1-3H3,(H,25,29). The van der Waals surface area contributed by atoms with Gasteiger partial charge >= 0.3 is 0 Å². The molecule has 7 nitrogen and oxygen atoms in total. The van der Waals surface area contributed by atoms with E-state index in [0.717, 1.165) is 37.5 Å². The summed E-state index contributed by atoms with van der Waals surface area (Å²) in [6.45, 7) is 10.1. The summed E-state index contributed by atoms with van der Waals surface area (Å²) in [6.07, 6.45) is 2.60.